The van der Waals surface area contributed by atoms with Crippen LogP contribution in [0.5, 0.6) is 5.75 Å². The molecule has 0 aliphatic heterocycles. The van der Waals surface area contributed by atoms with Gasteiger partial charge in [0, 0.05) is 12.5 Å². The normalized spacial score (nSPS) is 19.9. The fourth-order valence-electron chi connectivity index (χ4n) is 2.94. The Kier molecular flexibility index (Phi) is 5.71. The topological polar surface area (TPSA) is 58.6 Å². The Bertz CT molecular complexity index is 682. The van der Waals surface area contributed by atoms with Gasteiger partial charge in [-0.3, -0.25) is 4.79 Å². The first-order valence-corrected chi connectivity index (χ1v) is 8.86. The van der Waals surface area contributed by atoms with E-state index in [1.54, 1.807) is 6.92 Å². The summed E-state index contributed by atoms with van der Waals surface area (Å²) in [6.07, 6.45) is 1.11. The van der Waals surface area contributed by atoms with Crippen LogP contribution in [0.3, 0.4) is 0 Å². The van der Waals surface area contributed by atoms with Crippen LogP contribution in [0, 0.1) is 5.92 Å². The van der Waals surface area contributed by atoms with Crippen LogP contribution in [-0.2, 0) is 11.4 Å². The molecule has 0 bridgehead atoms. The van der Waals surface area contributed by atoms with Gasteiger partial charge >= 0.3 is 0 Å². The maximum atomic E-state index is 12.1. The first-order chi connectivity index (χ1) is 12.1. The fourth-order valence-corrected chi connectivity index (χ4v) is 2.94. The van der Waals surface area contributed by atoms with Crippen molar-refractivity contribution in [1.29, 1.82) is 0 Å². The number of carbonyl (C=O) groups excluding carboxylic acids is 1. The molecule has 0 heterocycles. The van der Waals surface area contributed by atoms with E-state index in [-0.39, 0.29) is 17.9 Å². The Morgan fingerprint density at radius 1 is 1.20 bits per heavy atom. The van der Waals surface area contributed by atoms with Gasteiger partial charge in [0.1, 0.15) is 12.4 Å². The van der Waals surface area contributed by atoms with E-state index in [4.69, 9.17) is 4.74 Å². The average Bonchev–Trinajstić information content (AvgIpc) is 3.42. The molecule has 132 valence electrons. The van der Waals surface area contributed by atoms with Gasteiger partial charge in [0.25, 0.3) is 0 Å². The van der Waals surface area contributed by atoms with Crippen LogP contribution in [0.15, 0.2) is 54.6 Å². The van der Waals surface area contributed by atoms with Crippen LogP contribution in [0.1, 0.15) is 36.8 Å². The monoisotopic (exact) mass is 339 g/mol. The minimum atomic E-state index is -0.376. The second-order valence-electron chi connectivity index (χ2n) is 6.72. The van der Waals surface area contributed by atoms with Crippen LogP contribution >= 0.6 is 0 Å². The zero-order valence-electron chi connectivity index (χ0n) is 14.5. The molecule has 1 amide bonds. The van der Waals surface area contributed by atoms with Crippen LogP contribution in [0.2, 0.25) is 0 Å². The van der Waals surface area contributed by atoms with Crippen molar-refractivity contribution < 1.29 is 14.6 Å². The van der Waals surface area contributed by atoms with Crippen molar-refractivity contribution in [2.24, 2.45) is 5.92 Å². The number of hydrogen-bond acceptors (Lipinski definition) is 3. The van der Waals surface area contributed by atoms with Gasteiger partial charge in [-0.25, -0.2) is 0 Å². The molecular weight excluding hydrogens is 314 g/mol. The van der Waals surface area contributed by atoms with Gasteiger partial charge in [-0.1, -0.05) is 42.5 Å². The number of amides is 1. The van der Waals surface area contributed by atoms with Crippen molar-refractivity contribution >= 4 is 5.91 Å². The van der Waals surface area contributed by atoms with Gasteiger partial charge in [-0.05, 0) is 48.9 Å². The highest BCUT2D eigenvalue weighted by Gasteiger charge is 2.43. The van der Waals surface area contributed by atoms with E-state index >= 15 is 0 Å². The van der Waals surface area contributed by atoms with Crippen molar-refractivity contribution in [3.63, 3.8) is 0 Å². The number of aliphatic hydroxyl groups excluding tert-OH is 1. The van der Waals surface area contributed by atoms with E-state index in [2.05, 4.69) is 5.32 Å². The Morgan fingerprint density at radius 2 is 1.92 bits per heavy atom. The molecule has 3 rings (SSSR count). The molecule has 25 heavy (non-hydrogen) atoms. The summed E-state index contributed by atoms with van der Waals surface area (Å²) in [6, 6.07) is 18.1. The molecule has 0 saturated heterocycles. The average molecular weight is 339 g/mol. The van der Waals surface area contributed by atoms with Gasteiger partial charge in [0.05, 0.1) is 6.10 Å². The largest absolute Gasteiger partial charge is 0.489 e. The molecule has 0 spiro atoms. The number of nitrogens with one attached hydrogen (secondary N) is 1. The second-order valence-corrected chi connectivity index (χ2v) is 6.72. The minimum absolute atomic E-state index is 0.0603. The molecule has 2 aromatic carbocycles. The maximum absolute atomic E-state index is 12.1. The lowest BCUT2D eigenvalue weighted by Crippen LogP contribution is -2.28. The number of hydrogen-bond donors (Lipinski definition) is 2. The minimum Gasteiger partial charge on any atom is -0.489 e. The molecule has 0 radical (unpaired) electrons. The van der Waals surface area contributed by atoms with Crippen LogP contribution < -0.4 is 10.1 Å². The summed E-state index contributed by atoms with van der Waals surface area (Å²) >= 11 is 0. The van der Waals surface area contributed by atoms with Crippen LogP contribution in [0.4, 0.5) is 0 Å². The predicted octanol–water partition coefficient (Wildman–Crippen LogP) is 3.26. The van der Waals surface area contributed by atoms with Gasteiger partial charge in [0.2, 0.25) is 5.91 Å². The maximum Gasteiger partial charge on any atom is 0.223 e. The quantitative estimate of drug-likeness (QED) is 0.776. The number of rotatable bonds is 8. The molecule has 1 aliphatic carbocycles. The highest BCUT2D eigenvalue weighted by molar-refractivity contribution is 5.82. The first-order valence-electron chi connectivity index (χ1n) is 8.86. The molecule has 0 aromatic heterocycles. The summed E-state index contributed by atoms with van der Waals surface area (Å²) in [4.78, 5) is 12.1. The SMILES string of the molecule is CC(O)CCNC(=O)C1CC1c1ccc(OCc2ccccc2)cc1. The lowest BCUT2D eigenvalue weighted by atomic mass is 10.1. The molecule has 4 heteroatoms. The lowest BCUT2D eigenvalue weighted by molar-refractivity contribution is -0.122. The van der Waals surface area contributed by atoms with Gasteiger partial charge in [-0.15, -0.1) is 0 Å². The third-order valence-electron chi connectivity index (χ3n) is 4.55. The molecule has 4 nitrogen and oxygen atoms in total. The van der Waals surface area contributed by atoms with Crippen molar-refractivity contribution in [3.8, 4) is 5.75 Å². The molecule has 3 atom stereocenters. The van der Waals surface area contributed by atoms with Gasteiger partial charge in [0.15, 0.2) is 0 Å². The standard InChI is InChI=1S/C21H25NO3/c1-15(23)11-12-22-21(24)20-13-19(20)17-7-9-18(10-8-17)25-14-16-5-3-2-4-6-16/h2-10,15,19-20,23H,11-14H2,1H3,(H,22,24). The summed E-state index contributed by atoms with van der Waals surface area (Å²) < 4.78 is 5.79. The van der Waals surface area contributed by atoms with E-state index in [1.165, 1.54) is 5.56 Å². The molecule has 1 saturated carbocycles. The molecule has 1 fully saturated rings. The molecular formula is C21H25NO3. The van der Waals surface area contributed by atoms with E-state index in [1.807, 2.05) is 54.6 Å². The molecule has 3 unspecified atom stereocenters. The molecule has 1 aliphatic rings. The highest BCUT2D eigenvalue weighted by Crippen LogP contribution is 2.47. The summed E-state index contributed by atoms with van der Waals surface area (Å²) in [6.45, 7) is 2.82. The van der Waals surface area contributed by atoms with Gasteiger partial charge < -0.3 is 15.2 Å². The third kappa shape index (κ3) is 5.07. The predicted molar refractivity (Wildman–Crippen MR) is 97.4 cm³/mol. The molecule has 2 aromatic rings. The van der Waals surface area contributed by atoms with E-state index in [0.717, 1.165) is 17.7 Å². The van der Waals surface area contributed by atoms with Gasteiger partial charge in [-0.2, -0.15) is 0 Å². The molecule has 2 N–H and O–H groups in total. The van der Waals surface area contributed by atoms with Crippen molar-refractivity contribution in [2.45, 2.75) is 38.4 Å². The fraction of sp³-hybridized carbons (Fsp3) is 0.381. The number of benzene rings is 2. The van der Waals surface area contributed by atoms with Crippen LogP contribution in [-0.4, -0.2) is 23.7 Å². The summed E-state index contributed by atoms with van der Waals surface area (Å²) in [7, 11) is 0. The first kappa shape index (κ1) is 17.5. The summed E-state index contributed by atoms with van der Waals surface area (Å²) in [5.41, 5.74) is 2.32. The number of aliphatic hydroxyl groups is 1. The number of ether oxygens (including phenoxy) is 1. The van der Waals surface area contributed by atoms with Crippen molar-refractivity contribution in [1.82, 2.24) is 5.32 Å². The Balaban J connectivity index is 1.46. The zero-order valence-corrected chi connectivity index (χ0v) is 14.5. The third-order valence-corrected chi connectivity index (χ3v) is 4.55. The lowest BCUT2D eigenvalue weighted by Gasteiger charge is -2.08. The van der Waals surface area contributed by atoms with E-state index < -0.39 is 0 Å². The smallest absolute Gasteiger partial charge is 0.223 e. The zero-order chi connectivity index (χ0) is 17.6. The Hall–Kier alpha value is -2.33. The van der Waals surface area contributed by atoms with E-state index in [0.29, 0.717) is 25.5 Å². The van der Waals surface area contributed by atoms with Crippen molar-refractivity contribution in [3.05, 3.63) is 65.7 Å². The van der Waals surface area contributed by atoms with E-state index in [9.17, 15) is 9.90 Å². The Labute approximate surface area is 148 Å². The summed E-state index contributed by atoms with van der Waals surface area (Å²) in [5.74, 6) is 1.29. The van der Waals surface area contributed by atoms with Crippen molar-refractivity contribution in [2.75, 3.05) is 6.54 Å². The number of carbonyl (C=O) groups is 1. The Morgan fingerprint density at radius 3 is 2.60 bits per heavy atom. The second kappa shape index (κ2) is 8.17. The summed E-state index contributed by atoms with van der Waals surface area (Å²) in [5, 5.41) is 12.1. The van der Waals surface area contributed by atoms with Crippen LogP contribution in [0.25, 0.3) is 0 Å². The highest BCUT2D eigenvalue weighted by atomic mass is 16.5.